The highest BCUT2D eigenvalue weighted by Gasteiger charge is 2.37. The van der Waals surface area contributed by atoms with Crippen molar-refractivity contribution >= 4 is 46.8 Å². The van der Waals surface area contributed by atoms with Crippen LogP contribution in [0.25, 0.3) is 11.0 Å². The number of hydrogen-bond acceptors (Lipinski definition) is 6. The molecule has 0 aliphatic rings. The predicted octanol–water partition coefficient (Wildman–Crippen LogP) is 2.26. The van der Waals surface area contributed by atoms with Gasteiger partial charge < -0.3 is 25.6 Å². The summed E-state index contributed by atoms with van der Waals surface area (Å²) in [7, 11) is 3.61. The average molecular weight is 502 g/mol. The second-order valence-corrected chi connectivity index (χ2v) is 8.33. The normalized spacial score (nSPS) is 12.5. The fraction of sp³-hybridized carbons (Fsp3) is 0.333. The number of likely N-dealkylation sites (N-methyl/N-ethyl adjacent to an activating group) is 1. The second-order valence-electron chi connectivity index (χ2n) is 8.33. The number of amidine groups is 1. The molecule has 0 saturated carbocycles. The van der Waals surface area contributed by atoms with Gasteiger partial charge in [-0.05, 0) is 55.8 Å². The Morgan fingerprint density at radius 2 is 1.89 bits per heavy atom. The van der Waals surface area contributed by atoms with E-state index in [1.807, 2.05) is 48.9 Å². The van der Waals surface area contributed by atoms with Gasteiger partial charge in [0.1, 0.15) is 17.2 Å². The number of nitrogens with one attached hydrogen (secondary N) is 3. The van der Waals surface area contributed by atoms with Crippen molar-refractivity contribution in [1.29, 1.82) is 5.41 Å². The highest BCUT2D eigenvalue weighted by molar-refractivity contribution is 5.95. The molecule has 1 aromatic heterocycles. The minimum atomic E-state index is -1.22. The summed E-state index contributed by atoms with van der Waals surface area (Å²) in [5.41, 5.74) is 8.06. The third-order valence-corrected chi connectivity index (χ3v) is 6.04. The number of carbonyl (C=O) groups excluding carboxylic acids is 1. The molecule has 0 fully saturated rings. The number of amides is 1. The number of nitrogens with zero attached hydrogens (tertiary/aromatic N) is 3. The molecule has 0 radical (unpaired) electrons. The molecule has 0 saturated heterocycles. The van der Waals surface area contributed by atoms with Crippen molar-refractivity contribution in [1.82, 2.24) is 19.8 Å². The summed E-state index contributed by atoms with van der Waals surface area (Å²) in [6, 6.07) is 12.8. The number of aliphatic carboxylic acids is 1. The number of benzene rings is 2. The number of aryl methyl sites for hydroxylation is 1. The fourth-order valence-corrected chi connectivity index (χ4v) is 3.75. The molecule has 0 spiro atoms. The highest BCUT2D eigenvalue weighted by atomic mass is 35.5. The lowest BCUT2D eigenvalue weighted by molar-refractivity contribution is -0.139. The molecule has 11 heteroatoms. The summed E-state index contributed by atoms with van der Waals surface area (Å²) in [5.74, 6) is -0.449. The first-order valence-electron chi connectivity index (χ1n) is 10.9. The van der Waals surface area contributed by atoms with Gasteiger partial charge in [0.2, 0.25) is 5.91 Å². The first-order chi connectivity index (χ1) is 16.1. The molecular weight excluding hydrogens is 470 g/mol. The van der Waals surface area contributed by atoms with Crippen LogP contribution in [0.15, 0.2) is 42.5 Å². The molecule has 1 amide bonds. The second kappa shape index (κ2) is 11.2. The number of anilines is 1. The number of halogens is 1. The highest BCUT2D eigenvalue weighted by Crippen LogP contribution is 2.27. The summed E-state index contributed by atoms with van der Waals surface area (Å²) in [6.45, 7) is 4.17. The van der Waals surface area contributed by atoms with E-state index in [9.17, 15) is 14.7 Å². The molecule has 2 aromatic carbocycles. The van der Waals surface area contributed by atoms with Crippen molar-refractivity contribution in [3.63, 3.8) is 0 Å². The third kappa shape index (κ3) is 5.90. The van der Waals surface area contributed by atoms with Gasteiger partial charge in [0, 0.05) is 31.9 Å². The maximum atomic E-state index is 13.2. The number of carboxylic acid groups (broad SMARTS) is 1. The van der Waals surface area contributed by atoms with Crippen LogP contribution in [0.2, 0.25) is 0 Å². The quantitative estimate of drug-likeness (QED) is 0.211. The van der Waals surface area contributed by atoms with Gasteiger partial charge in [0.05, 0.1) is 24.1 Å². The zero-order valence-electron chi connectivity index (χ0n) is 20.3. The Morgan fingerprint density at radius 1 is 1.23 bits per heavy atom. The van der Waals surface area contributed by atoms with E-state index in [2.05, 4.69) is 10.6 Å². The molecule has 188 valence electrons. The number of fused-ring (bicyclic) bond motifs is 1. The van der Waals surface area contributed by atoms with Gasteiger partial charge in [-0.25, -0.2) is 4.98 Å². The van der Waals surface area contributed by atoms with Gasteiger partial charge in [-0.15, -0.1) is 12.4 Å². The molecule has 0 bridgehead atoms. The topological polar surface area (TPSA) is 149 Å². The van der Waals surface area contributed by atoms with Crippen LogP contribution < -0.4 is 16.4 Å². The number of nitrogens with two attached hydrogens (primary N) is 1. The summed E-state index contributed by atoms with van der Waals surface area (Å²) in [5, 5.41) is 22.9. The SMILES string of the molecule is CCN(C)C(=O)C(C)(NCC(=O)O)c1ccc2c(c1)nc(CNc1ccc(C(=N)N)cc1)n2C.Cl. The Kier molecular flexibility index (Phi) is 8.83. The standard InChI is InChI=1S/C24H31N7O3.ClH/c1-5-30(3)23(34)24(2,28-14-21(32)33)16-8-11-19-18(12-16)29-20(31(19)4)13-27-17-9-6-15(7-10-17)22(25)26;/h6-12,27-28H,5,13-14H2,1-4H3,(H3,25,26)(H,32,33);1H. The monoisotopic (exact) mass is 501 g/mol. The molecule has 35 heavy (non-hydrogen) atoms. The smallest absolute Gasteiger partial charge is 0.317 e. The molecule has 6 N–H and O–H groups in total. The van der Waals surface area contributed by atoms with E-state index in [1.54, 1.807) is 31.0 Å². The minimum absolute atomic E-state index is 0. The predicted molar refractivity (Wildman–Crippen MR) is 139 cm³/mol. The van der Waals surface area contributed by atoms with Crippen molar-refractivity contribution < 1.29 is 14.7 Å². The minimum Gasteiger partial charge on any atom is -0.480 e. The Labute approximate surface area is 210 Å². The first kappa shape index (κ1) is 27.6. The lowest BCUT2D eigenvalue weighted by atomic mass is 9.89. The lowest BCUT2D eigenvalue weighted by Gasteiger charge is -2.33. The van der Waals surface area contributed by atoms with E-state index >= 15 is 0 Å². The van der Waals surface area contributed by atoms with Crippen molar-refractivity contribution in [2.45, 2.75) is 25.9 Å². The van der Waals surface area contributed by atoms with Crippen LogP contribution in [-0.2, 0) is 28.7 Å². The van der Waals surface area contributed by atoms with Crippen LogP contribution in [0.4, 0.5) is 5.69 Å². The Bertz CT molecular complexity index is 1230. The lowest BCUT2D eigenvalue weighted by Crippen LogP contribution is -2.54. The zero-order chi connectivity index (χ0) is 25.0. The molecule has 0 aliphatic heterocycles. The molecule has 1 atom stereocenters. The molecule has 10 nitrogen and oxygen atoms in total. The van der Waals surface area contributed by atoms with Crippen molar-refractivity contribution in [2.24, 2.45) is 12.8 Å². The van der Waals surface area contributed by atoms with Crippen LogP contribution in [0.1, 0.15) is 30.8 Å². The van der Waals surface area contributed by atoms with Crippen molar-refractivity contribution in [2.75, 3.05) is 25.5 Å². The molecule has 1 unspecified atom stereocenters. The van der Waals surface area contributed by atoms with Gasteiger partial charge in [-0.1, -0.05) is 6.07 Å². The third-order valence-electron chi connectivity index (χ3n) is 6.04. The number of carbonyl (C=O) groups is 2. The zero-order valence-corrected chi connectivity index (χ0v) is 21.1. The van der Waals surface area contributed by atoms with E-state index in [0.29, 0.717) is 29.7 Å². The van der Waals surface area contributed by atoms with Crippen LogP contribution in [0.5, 0.6) is 0 Å². The van der Waals surface area contributed by atoms with Crippen molar-refractivity contribution in [3.8, 4) is 0 Å². The Hall–Kier alpha value is -3.63. The number of nitrogen functional groups attached to an aromatic ring is 1. The number of carboxylic acids is 1. The van der Waals surface area contributed by atoms with Crippen LogP contribution in [-0.4, -0.2) is 57.4 Å². The van der Waals surface area contributed by atoms with Gasteiger partial charge in [-0.2, -0.15) is 0 Å². The van der Waals surface area contributed by atoms with Gasteiger partial charge in [0.15, 0.2) is 0 Å². The average Bonchev–Trinajstić information content (AvgIpc) is 3.15. The Balaban J connectivity index is 0.00000432. The van der Waals surface area contributed by atoms with Gasteiger partial charge in [-0.3, -0.25) is 20.3 Å². The summed E-state index contributed by atoms with van der Waals surface area (Å²) < 4.78 is 1.97. The van der Waals surface area contributed by atoms with Crippen LogP contribution >= 0.6 is 12.4 Å². The largest absolute Gasteiger partial charge is 0.480 e. The van der Waals surface area contributed by atoms with E-state index < -0.39 is 11.5 Å². The molecule has 3 rings (SSSR count). The first-order valence-corrected chi connectivity index (χ1v) is 10.9. The van der Waals surface area contributed by atoms with Gasteiger partial charge >= 0.3 is 5.97 Å². The number of aromatic nitrogens is 2. The molecular formula is C24H32ClN7O3. The van der Waals surface area contributed by atoms with E-state index in [1.165, 1.54) is 0 Å². The summed E-state index contributed by atoms with van der Waals surface area (Å²) in [4.78, 5) is 30.7. The van der Waals surface area contributed by atoms with Crippen LogP contribution in [0, 0.1) is 5.41 Å². The Morgan fingerprint density at radius 3 is 2.46 bits per heavy atom. The summed E-state index contributed by atoms with van der Waals surface area (Å²) >= 11 is 0. The van der Waals surface area contributed by atoms with Crippen LogP contribution in [0.3, 0.4) is 0 Å². The van der Waals surface area contributed by atoms with E-state index in [4.69, 9.17) is 16.1 Å². The fourth-order valence-electron chi connectivity index (χ4n) is 3.75. The number of rotatable bonds is 10. The number of hydrogen-bond donors (Lipinski definition) is 5. The van der Waals surface area contributed by atoms with E-state index in [0.717, 1.165) is 17.0 Å². The molecule has 0 aliphatic carbocycles. The summed E-state index contributed by atoms with van der Waals surface area (Å²) in [6.07, 6.45) is 0. The van der Waals surface area contributed by atoms with E-state index in [-0.39, 0.29) is 30.7 Å². The number of imidazole rings is 1. The van der Waals surface area contributed by atoms with Gasteiger partial charge in [0.25, 0.3) is 0 Å². The molecule has 3 aromatic rings. The maximum absolute atomic E-state index is 13.2. The molecule has 1 heterocycles. The van der Waals surface area contributed by atoms with Crippen molar-refractivity contribution in [3.05, 3.63) is 59.4 Å². The maximum Gasteiger partial charge on any atom is 0.317 e.